The van der Waals surface area contributed by atoms with Crippen LogP contribution >= 0.6 is 0 Å². The number of benzene rings is 1. The Labute approximate surface area is 99.9 Å². The largest absolute Gasteiger partial charge is 0.478 e. The molecular weight excluding hydrogens is 216 g/mol. The summed E-state index contributed by atoms with van der Waals surface area (Å²) in [5, 5.41) is 14.3. The van der Waals surface area contributed by atoms with Gasteiger partial charge in [0, 0.05) is 18.1 Å². The molecule has 4 heteroatoms. The molecule has 0 aliphatic rings. The number of carbonyl (C=O) groups is 1. The quantitative estimate of drug-likeness (QED) is 0.885. The second-order valence-electron chi connectivity index (χ2n) is 4.45. The number of hydrogen-bond acceptors (Lipinski definition) is 2. The van der Waals surface area contributed by atoms with Gasteiger partial charge < -0.3 is 5.11 Å². The van der Waals surface area contributed by atoms with Gasteiger partial charge in [-0.2, -0.15) is 5.10 Å². The minimum Gasteiger partial charge on any atom is -0.478 e. The van der Waals surface area contributed by atoms with Crippen molar-refractivity contribution in [1.82, 2.24) is 9.78 Å². The molecule has 4 nitrogen and oxygen atoms in total. The van der Waals surface area contributed by atoms with E-state index in [0.29, 0.717) is 16.9 Å². The van der Waals surface area contributed by atoms with E-state index in [0.717, 1.165) is 17.6 Å². The number of fused-ring (bicyclic) bond motifs is 1. The summed E-state index contributed by atoms with van der Waals surface area (Å²) in [6, 6.07) is 3.72. The summed E-state index contributed by atoms with van der Waals surface area (Å²) in [5.74, 6) is -0.600. The first-order valence-electron chi connectivity index (χ1n) is 5.77. The minimum atomic E-state index is -0.895. The van der Waals surface area contributed by atoms with Crippen molar-refractivity contribution in [3.8, 4) is 0 Å². The van der Waals surface area contributed by atoms with Gasteiger partial charge in [-0.3, -0.25) is 4.68 Å². The van der Waals surface area contributed by atoms with Gasteiger partial charge in [-0.1, -0.05) is 13.8 Å². The summed E-state index contributed by atoms with van der Waals surface area (Å²) in [6.07, 6.45) is 1.79. The van der Waals surface area contributed by atoms with Crippen LogP contribution in [0.4, 0.5) is 0 Å². The molecule has 0 saturated heterocycles. The van der Waals surface area contributed by atoms with E-state index in [1.54, 1.807) is 16.9 Å². The summed E-state index contributed by atoms with van der Waals surface area (Å²) in [4.78, 5) is 11.3. The number of carboxylic acids is 1. The van der Waals surface area contributed by atoms with Crippen LogP contribution in [0.2, 0.25) is 0 Å². The number of aromatic nitrogens is 2. The van der Waals surface area contributed by atoms with Crippen molar-refractivity contribution in [2.75, 3.05) is 0 Å². The van der Waals surface area contributed by atoms with Crippen molar-refractivity contribution >= 4 is 16.9 Å². The normalized spacial score (nSPS) is 11.3. The molecule has 0 unspecified atom stereocenters. The number of rotatable bonds is 3. The SMILES string of the molecule is CCn1cc2c(C(=O)O)cc(C(C)C)cc2n1. The van der Waals surface area contributed by atoms with E-state index >= 15 is 0 Å². The Balaban J connectivity index is 2.74. The van der Waals surface area contributed by atoms with Crippen molar-refractivity contribution < 1.29 is 9.90 Å². The zero-order valence-electron chi connectivity index (χ0n) is 10.3. The maximum absolute atomic E-state index is 11.3. The molecule has 2 aromatic rings. The number of hydrogen-bond donors (Lipinski definition) is 1. The van der Waals surface area contributed by atoms with E-state index < -0.39 is 5.97 Å². The zero-order valence-corrected chi connectivity index (χ0v) is 10.3. The molecule has 90 valence electrons. The number of aromatic carboxylic acids is 1. The lowest BCUT2D eigenvalue weighted by molar-refractivity contribution is 0.0699. The lowest BCUT2D eigenvalue weighted by Crippen LogP contribution is -1.99. The van der Waals surface area contributed by atoms with Crippen LogP contribution in [0.1, 0.15) is 42.6 Å². The fourth-order valence-corrected chi connectivity index (χ4v) is 1.87. The van der Waals surface area contributed by atoms with Gasteiger partial charge in [0.05, 0.1) is 11.1 Å². The third-order valence-electron chi connectivity index (χ3n) is 2.92. The van der Waals surface area contributed by atoms with Crippen molar-refractivity contribution in [2.24, 2.45) is 0 Å². The minimum absolute atomic E-state index is 0.296. The van der Waals surface area contributed by atoms with Crippen LogP contribution in [0, 0.1) is 0 Å². The Morgan fingerprint density at radius 3 is 2.71 bits per heavy atom. The first-order chi connectivity index (χ1) is 8.02. The van der Waals surface area contributed by atoms with Crippen molar-refractivity contribution in [2.45, 2.75) is 33.2 Å². The highest BCUT2D eigenvalue weighted by molar-refractivity contribution is 6.02. The molecule has 0 amide bonds. The molecule has 0 bridgehead atoms. The average Bonchev–Trinajstić information content (AvgIpc) is 2.69. The topological polar surface area (TPSA) is 55.1 Å². The molecule has 0 aliphatic heterocycles. The second kappa shape index (κ2) is 4.20. The molecule has 0 spiro atoms. The highest BCUT2D eigenvalue weighted by Gasteiger charge is 2.14. The molecule has 0 saturated carbocycles. The number of aryl methyl sites for hydroxylation is 1. The van der Waals surface area contributed by atoms with Crippen molar-refractivity contribution in [3.05, 3.63) is 29.5 Å². The zero-order chi connectivity index (χ0) is 12.6. The summed E-state index contributed by atoms with van der Waals surface area (Å²) in [7, 11) is 0. The summed E-state index contributed by atoms with van der Waals surface area (Å²) in [6.45, 7) is 6.81. The van der Waals surface area contributed by atoms with E-state index in [2.05, 4.69) is 5.10 Å². The van der Waals surface area contributed by atoms with Gasteiger partial charge in [-0.25, -0.2) is 4.79 Å². The average molecular weight is 232 g/mol. The summed E-state index contributed by atoms with van der Waals surface area (Å²) in [5.41, 5.74) is 2.11. The van der Waals surface area contributed by atoms with E-state index in [9.17, 15) is 9.90 Å². The molecule has 2 rings (SSSR count). The molecule has 17 heavy (non-hydrogen) atoms. The summed E-state index contributed by atoms with van der Waals surface area (Å²) < 4.78 is 1.77. The van der Waals surface area contributed by atoms with Gasteiger partial charge in [0.2, 0.25) is 0 Å². The molecule has 1 aromatic heterocycles. The Bertz CT molecular complexity index is 570. The number of carboxylic acid groups (broad SMARTS) is 1. The monoisotopic (exact) mass is 232 g/mol. The smallest absolute Gasteiger partial charge is 0.336 e. The molecule has 1 aromatic carbocycles. The van der Waals surface area contributed by atoms with Crippen LogP contribution in [0.15, 0.2) is 18.3 Å². The first-order valence-corrected chi connectivity index (χ1v) is 5.77. The Morgan fingerprint density at radius 1 is 1.47 bits per heavy atom. The maximum atomic E-state index is 11.3. The predicted molar refractivity (Wildman–Crippen MR) is 66.5 cm³/mol. The maximum Gasteiger partial charge on any atom is 0.336 e. The Kier molecular flexibility index (Phi) is 2.88. The molecule has 0 radical (unpaired) electrons. The van der Waals surface area contributed by atoms with Crippen molar-refractivity contribution in [3.63, 3.8) is 0 Å². The third-order valence-corrected chi connectivity index (χ3v) is 2.92. The Morgan fingerprint density at radius 2 is 2.18 bits per heavy atom. The number of nitrogens with zero attached hydrogens (tertiary/aromatic N) is 2. The van der Waals surface area contributed by atoms with Crippen LogP contribution in [0.25, 0.3) is 10.9 Å². The second-order valence-corrected chi connectivity index (χ2v) is 4.45. The van der Waals surface area contributed by atoms with Gasteiger partial charge in [0.25, 0.3) is 0 Å². The Hall–Kier alpha value is -1.84. The molecule has 0 atom stereocenters. The van der Waals surface area contributed by atoms with E-state index in [1.807, 2.05) is 26.8 Å². The first kappa shape index (κ1) is 11.6. The van der Waals surface area contributed by atoms with Gasteiger partial charge in [0.1, 0.15) is 0 Å². The fourth-order valence-electron chi connectivity index (χ4n) is 1.87. The van der Waals surface area contributed by atoms with Gasteiger partial charge in [-0.15, -0.1) is 0 Å². The summed E-state index contributed by atoms with van der Waals surface area (Å²) >= 11 is 0. The van der Waals surface area contributed by atoms with Gasteiger partial charge in [-0.05, 0) is 30.5 Å². The standard InChI is InChI=1S/C13H16N2O2/c1-4-15-7-11-10(13(16)17)5-9(8(2)3)6-12(11)14-15/h5-8H,4H2,1-3H3,(H,16,17). The fraction of sp³-hybridized carbons (Fsp3) is 0.385. The van der Waals surface area contributed by atoms with E-state index in [1.165, 1.54) is 0 Å². The van der Waals surface area contributed by atoms with Crippen LogP contribution < -0.4 is 0 Å². The van der Waals surface area contributed by atoms with Crippen LogP contribution in [0.3, 0.4) is 0 Å². The van der Waals surface area contributed by atoms with Crippen LogP contribution in [-0.2, 0) is 6.54 Å². The third kappa shape index (κ3) is 2.02. The molecule has 0 fully saturated rings. The molecule has 1 heterocycles. The van der Waals surface area contributed by atoms with Gasteiger partial charge >= 0.3 is 5.97 Å². The molecule has 0 aliphatic carbocycles. The van der Waals surface area contributed by atoms with Crippen LogP contribution in [-0.4, -0.2) is 20.9 Å². The molecular formula is C13H16N2O2. The van der Waals surface area contributed by atoms with Crippen LogP contribution in [0.5, 0.6) is 0 Å². The lowest BCUT2D eigenvalue weighted by Gasteiger charge is -2.06. The predicted octanol–water partition coefficient (Wildman–Crippen LogP) is 2.88. The highest BCUT2D eigenvalue weighted by Crippen LogP contribution is 2.24. The van der Waals surface area contributed by atoms with E-state index in [-0.39, 0.29) is 0 Å². The van der Waals surface area contributed by atoms with Gasteiger partial charge in [0.15, 0.2) is 0 Å². The van der Waals surface area contributed by atoms with Crippen molar-refractivity contribution in [1.29, 1.82) is 0 Å². The van der Waals surface area contributed by atoms with E-state index in [4.69, 9.17) is 0 Å². The highest BCUT2D eigenvalue weighted by atomic mass is 16.4. The molecule has 1 N–H and O–H groups in total. The lowest BCUT2D eigenvalue weighted by atomic mass is 9.98.